The number of hydrogen-bond acceptors (Lipinski definition) is 6. The highest BCUT2D eigenvalue weighted by Gasteiger charge is 2.10. The summed E-state index contributed by atoms with van der Waals surface area (Å²) in [6, 6.07) is 9.82. The van der Waals surface area contributed by atoms with E-state index >= 15 is 0 Å². The number of ether oxygens (including phenoxy) is 2. The second-order valence-electron chi connectivity index (χ2n) is 5.53. The maximum atomic E-state index is 8.75. The average Bonchev–Trinajstić information content (AvgIpc) is 2.67. The lowest BCUT2D eigenvalue weighted by Gasteiger charge is -2.10. The van der Waals surface area contributed by atoms with Crippen molar-refractivity contribution in [2.24, 2.45) is 0 Å². The number of pyridine rings is 1. The molecule has 0 fully saturated rings. The summed E-state index contributed by atoms with van der Waals surface area (Å²) in [7, 11) is 1.59. The Hall–Kier alpha value is -2.70. The second-order valence-corrected chi connectivity index (χ2v) is 5.97. The number of halogens is 1. The van der Waals surface area contributed by atoms with Gasteiger partial charge in [-0.1, -0.05) is 23.7 Å². The van der Waals surface area contributed by atoms with E-state index in [1.807, 2.05) is 30.3 Å². The fraction of sp³-hybridized carbons (Fsp3) is 0.211. The van der Waals surface area contributed by atoms with Gasteiger partial charge in [-0.05, 0) is 34.9 Å². The number of rotatable bonds is 7. The van der Waals surface area contributed by atoms with Crippen molar-refractivity contribution in [1.29, 1.82) is 0 Å². The van der Waals surface area contributed by atoms with Crippen LogP contribution in [0.2, 0.25) is 5.02 Å². The van der Waals surface area contributed by atoms with E-state index in [0.717, 1.165) is 22.3 Å². The summed E-state index contributed by atoms with van der Waals surface area (Å²) in [6.07, 6.45) is 5.78. The summed E-state index contributed by atoms with van der Waals surface area (Å²) >= 11 is 6.11. The Morgan fingerprint density at radius 2 is 1.81 bits per heavy atom. The molecule has 0 saturated heterocycles. The Kier molecular flexibility index (Phi) is 5.99. The minimum atomic E-state index is -0.0745. The highest BCUT2D eigenvalue weighted by molar-refractivity contribution is 6.30. The molecule has 0 aliphatic rings. The van der Waals surface area contributed by atoms with Crippen molar-refractivity contribution in [1.82, 2.24) is 15.0 Å². The van der Waals surface area contributed by atoms with Crippen molar-refractivity contribution < 1.29 is 14.6 Å². The van der Waals surface area contributed by atoms with Crippen LogP contribution in [0.15, 0.2) is 48.9 Å². The van der Waals surface area contributed by atoms with Crippen LogP contribution in [0.25, 0.3) is 11.1 Å². The lowest BCUT2D eigenvalue weighted by atomic mass is 10.0. The predicted molar refractivity (Wildman–Crippen MR) is 98.7 cm³/mol. The summed E-state index contributed by atoms with van der Waals surface area (Å²) in [5.74, 6) is 0.542. The van der Waals surface area contributed by atoms with Crippen molar-refractivity contribution in [2.45, 2.75) is 6.42 Å². The van der Waals surface area contributed by atoms with Crippen LogP contribution in [0.3, 0.4) is 0 Å². The Bertz CT molecular complexity index is 872. The zero-order chi connectivity index (χ0) is 18.4. The molecule has 7 heteroatoms. The number of methoxy groups -OCH3 is 1. The first-order valence-electron chi connectivity index (χ1n) is 8.03. The second kappa shape index (κ2) is 8.60. The molecule has 1 aromatic carbocycles. The SMILES string of the molecule is COc1ncc(Cc2cnc(OCCO)nc2)cc1-c1cccc(Cl)c1. The highest BCUT2D eigenvalue weighted by Crippen LogP contribution is 2.31. The van der Waals surface area contributed by atoms with Crippen LogP contribution in [0, 0.1) is 0 Å². The summed E-state index contributed by atoms with van der Waals surface area (Å²) in [6.45, 7) is 0.0969. The molecule has 2 heterocycles. The first-order valence-corrected chi connectivity index (χ1v) is 8.41. The van der Waals surface area contributed by atoms with Crippen LogP contribution in [0.5, 0.6) is 11.9 Å². The molecule has 2 aromatic heterocycles. The zero-order valence-electron chi connectivity index (χ0n) is 14.2. The third kappa shape index (κ3) is 4.47. The van der Waals surface area contributed by atoms with Crippen LogP contribution >= 0.6 is 11.6 Å². The Morgan fingerprint density at radius 1 is 1.04 bits per heavy atom. The topological polar surface area (TPSA) is 77.4 Å². The van der Waals surface area contributed by atoms with Gasteiger partial charge in [-0.2, -0.15) is 0 Å². The zero-order valence-corrected chi connectivity index (χ0v) is 15.0. The highest BCUT2D eigenvalue weighted by atomic mass is 35.5. The van der Waals surface area contributed by atoms with Crippen LogP contribution in [-0.2, 0) is 6.42 Å². The van der Waals surface area contributed by atoms with Crippen molar-refractivity contribution in [3.8, 4) is 23.0 Å². The van der Waals surface area contributed by atoms with Crippen LogP contribution < -0.4 is 9.47 Å². The minimum absolute atomic E-state index is 0.0745. The van der Waals surface area contributed by atoms with Crippen molar-refractivity contribution in [3.05, 3.63) is 65.1 Å². The van der Waals surface area contributed by atoms with Gasteiger partial charge >= 0.3 is 6.01 Å². The molecule has 0 spiro atoms. The molecule has 0 aliphatic heterocycles. The molecule has 134 valence electrons. The van der Waals surface area contributed by atoms with Crippen LogP contribution in [-0.4, -0.2) is 40.4 Å². The van der Waals surface area contributed by atoms with Gasteiger partial charge in [0.15, 0.2) is 0 Å². The fourth-order valence-corrected chi connectivity index (χ4v) is 2.69. The fourth-order valence-electron chi connectivity index (χ4n) is 2.50. The van der Waals surface area contributed by atoms with Gasteiger partial charge in [-0.15, -0.1) is 0 Å². The number of aliphatic hydroxyl groups excluding tert-OH is 1. The van der Waals surface area contributed by atoms with Gasteiger partial charge in [0.25, 0.3) is 0 Å². The summed E-state index contributed by atoms with van der Waals surface area (Å²) in [5.41, 5.74) is 3.72. The molecule has 0 amide bonds. The van der Waals surface area contributed by atoms with Gasteiger partial charge < -0.3 is 14.6 Å². The predicted octanol–water partition coefficient (Wildman–Crippen LogP) is 3.16. The van der Waals surface area contributed by atoms with E-state index < -0.39 is 0 Å². The molecule has 6 nitrogen and oxygen atoms in total. The molecular formula is C19H18ClN3O3. The van der Waals surface area contributed by atoms with Gasteiger partial charge in [0, 0.05) is 35.6 Å². The molecule has 3 rings (SSSR count). The first-order chi connectivity index (χ1) is 12.7. The summed E-state index contributed by atoms with van der Waals surface area (Å²) in [4.78, 5) is 12.7. The van der Waals surface area contributed by atoms with Crippen molar-refractivity contribution in [3.63, 3.8) is 0 Å². The number of nitrogens with zero attached hydrogens (tertiary/aromatic N) is 3. The van der Waals surface area contributed by atoms with E-state index in [1.54, 1.807) is 25.7 Å². The molecule has 0 radical (unpaired) electrons. The molecule has 0 atom stereocenters. The lowest BCUT2D eigenvalue weighted by molar-refractivity contribution is 0.191. The third-order valence-corrected chi connectivity index (χ3v) is 3.88. The number of aromatic nitrogens is 3. The Balaban J connectivity index is 1.83. The summed E-state index contributed by atoms with van der Waals surface area (Å²) < 4.78 is 10.5. The van der Waals surface area contributed by atoms with E-state index in [9.17, 15) is 0 Å². The molecule has 0 aliphatic carbocycles. The smallest absolute Gasteiger partial charge is 0.316 e. The Morgan fingerprint density at radius 3 is 2.50 bits per heavy atom. The maximum Gasteiger partial charge on any atom is 0.316 e. The van der Waals surface area contributed by atoms with Crippen LogP contribution in [0.4, 0.5) is 0 Å². The van der Waals surface area contributed by atoms with Gasteiger partial charge in [0.05, 0.1) is 13.7 Å². The van der Waals surface area contributed by atoms with E-state index in [2.05, 4.69) is 15.0 Å². The molecule has 0 saturated carbocycles. The first kappa shape index (κ1) is 18.1. The van der Waals surface area contributed by atoms with E-state index in [1.165, 1.54) is 0 Å². The minimum Gasteiger partial charge on any atom is -0.481 e. The molecule has 26 heavy (non-hydrogen) atoms. The molecule has 3 aromatic rings. The van der Waals surface area contributed by atoms with Gasteiger partial charge in [-0.25, -0.2) is 15.0 Å². The molecule has 0 bridgehead atoms. The van der Waals surface area contributed by atoms with E-state index in [4.69, 9.17) is 26.2 Å². The van der Waals surface area contributed by atoms with Crippen molar-refractivity contribution in [2.75, 3.05) is 20.3 Å². The summed E-state index contributed by atoms with van der Waals surface area (Å²) in [5, 5.41) is 9.41. The number of benzene rings is 1. The molecule has 0 unspecified atom stereocenters. The quantitative estimate of drug-likeness (QED) is 0.687. The monoisotopic (exact) mass is 371 g/mol. The van der Waals surface area contributed by atoms with Gasteiger partial charge in [0.2, 0.25) is 5.88 Å². The van der Waals surface area contributed by atoms with E-state index in [0.29, 0.717) is 17.3 Å². The van der Waals surface area contributed by atoms with Gasteiger partial charge in [0.1, 0.15) is 6.61 Å². The van der Waals surface area contributed by atoms with E-state index in [-0.39, 0.29) is 19.2 Å². The Labute approximate surface area is 156 Å². The molecular weight excluding hydrogens is 354 g/mol. The standard InChI is InChI=1S/C19H18ClN3O3/c1-25-18-17(15-3-2-4-16(20)9-15)8-13(10-21-18)7-14-11-22-19(23-12-14)26-6-5-24/h2-4,8-12,24H,5-7H2,1H3. The normalized spacial score (nSPS) is 10.6. The molecule has 1 N–H and O–H groups in total. The van der Waals surface area contributed by atoms with Crippen molar-refractivity contribution >= 4 is 11.6 Å². The lowest BCUT2D eigenvalue weighted by Crippen LogP contribution is -2.05. The number of hydrogen-bond donors (Lipinski definition) is 1. The third-order valence-electron chi connectivity index (χ3n) is 3.65. The van der Waals surface area contributed by atoms with Crippen LogP contribution in [0.1, 0.15) is 11.1 Å². The number of aliphatic hydroxyl groups is 1. The van der Waals surface area contributed by atoms with Gasteiger partial charge in [-0.3, -0.25) is 0 Å². The average molecular weight is 372 g/mol. The largest absolute Gasteiger partial charge is 0.481 e. The maximum absolute atomic E-state index is 8.75.